The molecule has 15 heavy (non-hydrogen) atoms. The van der Waals surface area contributed by atoms with Crippen LogP contribution in [0.1, 0.15) is 37.3 Å². The maximum Gasteiger partial charge on any atom is 0.0922 e. The highest BCUT2D eigenvalue weighted by Crippen LogP contribution is 2.43. The highest BCUT2D eigenvalue weighted by Gasteiger charge is 2.39. The first-order chi connectivity index (χ1) is 7.04. The molecule has 0 heterocycles. The third-order valence-electron chi connectivity index (χ3n) is 3.67. The lowest BCUT2D eigenvalue weighted by Crippen LogP contribution is -2.28. The Hall–Kier alpha value is -0.340. The van der Waals surface area contributed by atoms with E-state index in [0.717, 1.165) is 29.3 Å². The topological polar surface area (TPSA) is 20.2 Å². The minimum Gasteiger partial charge on any atom is -0.385 e. The molecule has 2 atom stereocenters. The van der Waals surface area contributed by atoms with Gasteiger partial charge in [0.25, 0.3) is 0 Å². The maximum atomic E-state index is 10.6. The standard InChI is InChI=1S/C13H17BrO/c1-9-8-11(5-6-12(9)14)13(15)7-3-4-10(13)2/h5-6,8,10,15H,3-4,7H2,1-2H3/t10-,13-/m0/s1. The summed E-state index contributed by atoms with van der Waals surface area (Å²) in [6.07, 6.45) is 3.16. The van der Waals surface area contributed by atoms with Gasteiger partial charge in [0.2, 0.25) is 0 Å². The molecule has 0 aliphatic heterocycles. The lowest BCUT2D eigenvalue weighted by atomic mass is 9.84. The predicted octanol–water partition coefficient (Wildman–Crippen LogP) is 3.77. The van der Waals surface area contributed by atoms with Gasteiger partial charge < -0.3 is 5.11 Å². The average molecular weight is 269 g/mol. The summed E-state index contributed by atoms with van der Waals surface area (Å²) in [6, 6.07) is 6.18. The normalized spacial score (nSPS) is 30.8. The quantitative estimate of drug-likeness (QED) is 0.822. The monoisotopic (exact) mass is 268 g/mol. The van der Waals surface area contributed by atoms with Crippen LogP contribution >= 0.6 is 15.9 Å². The van der Waals surface area contributed by atoms with E-state index in [1.165, 1.54) is 5.56 Å². The number of hydrogen-bond donors (Lipinski definition) is 1. The first-order valence-corrected chi connectivity index (χ1v) is 6.32. The third-order valence-corrected chi connectivity index (χ3v) is 4.56. The van der Waals surface area contributed by atoms with Crippen molar-refractivity contribution in [3.63, 3.8) is 0 Å². The Labute approximate surface area is 99.6 Å². The van der Waals surface area contributed by atoms with E-state index in [1.54, 1.807) is 0 Å². The van der Waals surface area contributed by atoms with Crippen molar-refractivity contribution < 1.29 is 5.11 Å². The third kappa shape index (κ3) is 1.85. The van der Waals surface area contributed by atoms with Crippen LogP contribution < -0.4 is 0 Å². The highest BCUT2D eigenvalue weighted by molar-refractivity contribution is 9.10. The van der Waals surface area contributed by atoms with Crippen LogP contribution in [0, 0.1) is 12.8 Å². The van der Waals surface area contributed by atoms with E-state index in [9.17, 15) is 5.11 Å². The van der Waals surface area contributed by atoms with Crippen LogP contribution in [0.3, 0.4) is 0 Å². The molecule has 2 heteroatoms. The molecule has 0 saturated heterocycles. The number of rotatable bonds is 1. The van der Waals surface area contributed by atoms with Gasteiger partial charge in [-0.05, 0) is 49.3 Å². The zero-order valence-electron chi connectivity index (χ0n) is 9.26. The number of benzene rings is 1. The van der Waals surface area contributed by atoms with Crippen molar-refractivity contribution in [1.82, 2.24) is 0 Å². The smallest absolute Gasteiger partial charge is 0.0922 e. The van der Waals surface area contributed by atoms with Crippen LogP contribution in [0.4, 0.5) is 0 Å². The highest BCUT2D eigenvalue weighted by atomic mass is 79.9. The molecular formula is C13H17BrO. The molecule has 0 bridgehead atoms. The number of hydrogen-bond acceptors (Lipinski definition) is 1. The van der Waals surface area contributed by atoms with Crippen molar-refractivity contribution in [2.24, 2.45) is 5.92 Å². The summed E-state index contributed by atoms with van der Waals surface area (Å²) in [5, 5.41) is 10.6. The fourth-order valence-electron chi connectivity index (χ4n) is 2.51. The van der Waals surface area contributed by atoms with E-state index in [4.69, 9.17) is 0 Å². The van der Waals surface area contributed by atoms with Crippen LogP contribution in [0.2, 0.25) is 0 Å². The van der Waals surface area contributed by atoms with Crippen LogP contribution in [0.15, 0.2) is 22.7 Å². The second-order valence-corrected chi connectivity index (χ2v) is 5.54. The molecule has 0 amide bonds. The summed E-state index contributed by atoms with van der Waals surface area (Å²) in [5.74, 6) is 0.373. The van der Waals surface area contributed by atoms with Crippen molar-refractivity contribution in [2.75, 3.05) is 0 Å². The minimum absolute atomic E-state index is 0.373. The molecule has 1 N–H and O–H groups in total. The molecule has 82 valence electrons. The first kappa shape index (κ1) is 11.2. The number of halogens is 1. The summed E-state index contributed by atoms with van der Waals surface area (Å²) < 4.78 is 1.11. The van der Waals surface area contributed by atoms with Gasteiger partial charge in [-0.15, -0.1) is 0 Å². The summed E-state index contributed by atoms with van der Waals surface area (Å²) >= 11 is 3.49. The van der Waals surface area contributed by atoms with E-state index in [0.29, 0.717) is 5.92 Å². The number of aryl methyl sites for hydroxylation is 1. The van der Waals surface area contributed by atoms with Crippen LogP contribution in [-0.2, 0) is 5.60 Å². The van der Waals surface area contributed by atoms with Crippen molar-refractivity contribution in [3.05, 3.63) is 33.8 Å². The van der Waals surface area contributed by atoms with Crippen molar-refractivity contribution in [2.45, 2.75) is 38.7 Å². The van der Waals surface area contributed by atoms with E-state index >= 15 is 0 Å². The molecule has 0 spiro atoms. The van der Waals surface area contributed by atoms with E-state index in [1.807, 2.05) is 12.1 Å². The predicted molar refractivity (Wildman–Crippen MR) is 65.8 cm³/mol. The molecule has 2 rings (SSSR count). The minimum atomic E-state index is -0.592. The average Bonchev–Trinajstić information content (AvgIpc) is 2.53. The fraction of sp³-hybridized carbons (Fsp3) is 0.538. The Balaban J connectivity index is 2.40. The molecule has 0 unspecified atom stereocenters. The lowest BCUT2D eigenvalue weighted by molar-refractivity contribution is 0.00443. The van der Waals surface area contributed by atoms with Crippen LogP contribution in [-0.4, -0.2) is 5.11 Å². The van der Waals surface area contributed by atoms with Gasteiger partial charge in [0, 0.05) is 4.47 Å². The maximum absolute atomic E-state index is 10.6. The molecule has 1 aromatic rings. The SMILES string of the molecule is Cc1cc([C@]2(O)CCC[C@@H]2C)ccc1Br. The Bertz CT molecular complexity index is 375. The Morgan fingerprint density at radius 1 is 1.47 bits per heavy atom. The largest absolute Gasteiger partial charge is 0.385 e. The second kappa shape index (κ2) is 3.91. The summed E-state index contributed by atoms with van der Waals surface area (Å²) in [7, 11) is 0. The Morgan fingerprint density at radius 2 is 2.20 bits per heavy atom. The van der Waals surface area contributed by atoms with Crippen molar-refractivity contribution in [1.29, 1.82) is 0 Å². The summed E-state index contributed by atoms with van der Waals surface area (Å²) in [4.78, 5) is 0. The van der Waals surface area contributed by atoms with Gasteiger partial charge in [0.05, 0.1) is 5.60 Å². The zero-order valence-corrected chi connectivity index (χ0v) is 10.8. The first-order valence-electron chi connectivity index (χ1n) is 5.53. The van der Waals surface area contributed by atoms with Gasteiger partial charge in [-0.25, -0.2) is 0 Å². The van der Waals surface area contributed by atoms with E-state index < -0.39 is 5.60 Å². The molecule has 1 nitrogen and oxygen atoms in total. The van der Waals surface area contributed by atoms with Gasteiger partial charge in [-0.2, -0.15) is 0 Å². The number of aliphatic hydroxyl groups is 1. The van der Waals surface area contributed by atoms with E-state index in [-0.39, 0.29) is 0 Å². The Morgan fingerprint density at radius 3 is 2.73 bits per heavy atom. The molecule has 1 saturated carbocycles. The molecular weight excluding hydrogens is 252 g/mol. The molecule has 0 radical (unpaired) electrons. The zero-order chi connectivity index (χ0) is 11.1. The van der Waals surface area contributed by atoms with Crippen LogP contribution in [0.25, 0.3) is 0 Å². The van der Waals surface area contributed by atoms with Gasteiger partial charge in [0.15, 0.2) is 0 Å². The molecule has 1 fully saturated rings. The second-order valence-electron chi connectivity index (χ2n) is 4.68. The van der Waals surface area contributed by atoms with E-state index in [2.05, 4.69) is 35.8 Å². The molecule has 1 aliphatic carbocycles. The van der Waals surface area contributed by atoms with Crippen molar-refractivity contribution >= 4 is 15.9 Å². The van der Waals surface area contributed by atoms with Gasteiger partial charge in [-0.1, -0.05) is 35.0 Å². The summed E-state index contributed by atoms with van der Waals surface area (Å²) in [6.45, 7) is 4.21. The van der Waals surface area contributed by atoms with Gasteiger partial charge in [-0.3, -0.25) is 0 Å². The Kier molecular flexibility index (Phi) is 2.91. The molecule has 1 aliphatic rings. The van der Waals surface area contributed by atoms with Gasteiger partial charge in [0.1, 0.15) is 0 Å². The summed E-state index contributed by atoms with van der Waals surface area (Å²) in [5.41, 5.74) is 1.68. The lowest BCUT2D eigenvalue weighted by Gasteiger charge is -2.28. The molecule has 1 aromatic carbocycles. The van der Waals surface area contributed by atoms with Gasteiger partial charge >= 0.3 is 0 Å². The van der Waals surface area contributed by atoms with Crippen LogP contribution in [0.5, 0.6) is 0 Å². The fourth-order valence-corrected chi connectivity index (χ4v) is 2.75. The van der Waals surface area contributed by atoms with Crippen molar-refractivity contribution in [3.8, 4) is 0 Å². The molecule has 0 aromatic heterocycles.